The van der Waals surface area contributed by atoms with Crippen LogP contribution in [0, 0.1) is 5.41 Å². The highest BCUT2D eigenvalue weighted by Crippen LogP contribution is 2.44. The lowest BCUT2D eigenvalue weighted by atomic mass is 9.71. The van der Waals surface area contributed by atoms with Crippen molar-refractivity contribution in [2.24, 2.45) is 12.5 Å². The van der Waals surface area contributed by atoms with Crippen LogP contribution in [-0.2, 0) is 36.1 Å². The molecule has 0 saturated carbocycles. The quantitative estimate of drug-likeness (QED) is 0.289. The molecule has 16 heteroatoms. The molecule has 2 aromatic carbocycles. The summed E-state index contributed by atoms with van der Waals surface area (Å²) in [6.45, 7) is 6.07. The van der Waals surface area contributed by atoms with Crippen LogP contribution in [0.1, 0.15) is 63.1 Å². The number of aryl methyl sites for hydroxylation is 1. The SMILES string of the molecule is COc1cc(-c2cn(C)c(=O)c3c2CCN(C(=O)NCCN2CCC4(CC2)CN(c2ccc5c(c2)C(=O)N(C2CCC(=O)NC2=O)C5=O)C4)C3)cc(OC)c1CN(C)C. The number of nitrogens with one attached hydrogen (secondary N) is 2. The number of benzene rings is 2. The molecule has 1 atom stereocenters. The van der Waals surface area contributed by atoms with Crippen molar-refractivity contribution in [2.75, 3.05) is 79.0 Å². The maximum atomic E-state index is 13.4. The number of hydrogen-bond acceptors (Lipinski definition) is 11. The van der Waals surface area contributed by atoms with Gasteiger partial charge in [0.2, 0.25) is 11.8 Å². The second-order valence-corrected chi connectivity index (χ2v) is 16.8. The number of anilines is 1. The number of fused-ring (bicyclic) bond motifs is 2. The highest BCUT2D eigenvalue weighted by molar-refractivity contribution is 6.23. The van der Waals surface area contributed by atoms with E-state index in [0.717, 1.165) is 78.4 Å². The molecule has 8 rings (SSSR count). The minimum atomic E-state index is -0.986. The molecule has 0 aliphatic carbocycles. The Labute approximate surface area is 343 Å². The van der Waals surface area contributed by atoms with Crippen LogP contribution >= 0.6 is 0 Å². The lowest BCUT2D eigenvalue weighted by Crippen LogP contribution is -2.60. The van der Waals surface area contributed by atoms with Crippen molar-refractivity contribution >= 4 is 35.3 Å². The molecule has 2 N–H and O–H groups in total. The molecule has 6 amide bonds. The lowest BCUT2D eigenvalue weighted by molar-refractivity contribution is -0.136. The van der Waals surface area contributed by atoms with Crippen LogP contribution in [0.4, 0.5) is 10.5 Å². The normalized spacial score (nSPS) is 20.1. The number of ether oxygens (including phenoxy) is 2. The Kier molecular flexibility index (Phi) is 10.7. The Morgan fingerprint density at radius 3 is 2.25 bits per heavy atom. The van der Waals surface area contributed by atoms with E-state index < -0.39 is 29.7 Å². The zero-order valence-electron chi connectivity index (χ0n) is 34.4. The fourth-order valence-electron chi connectivity index (χ4n) is 9.44. The van der Waals surface area contributed by atoms with Crippen molar-refractivity contribution in [3.8, 4) is 22.6 Å². The number of imide groups is 2. The van der Waals surface area contributed by atoms with E-state index >= 15 is 0 Å². The molecule has 1 aromatic heterocycles. The predicted octanol–water partition coefficient (Wildman–Crippen LogP) is 2.20. The number of rotatable bonds is 10. The van der Waals surface area contributed by atoms with Crippen LogP contribution in [0.25, 0.3) is 11.1 Å². The molecule has 5 aliphatic heterocycles. The smallest absolute Gasteiger partial charge is 0.317 e. The molecule has 0 bridgehead atoms. The third-order valence-electron chi connectivity index (χ3n) is 12.7. The van der Waals surface area contributed by atoms with Crippen LogP contribution in [0.3, 0.4) is 0 Å². The van der Waals surface area contributed by atoms with Gasteiger partial charge in [0.25, 0.3) is 17.4 Å². The first-order valence-electron chi connectivity index (χ1n) is 20.3. The zero-order chi connectivity index (χ0) is 41.7. The largest absolute Gasteiger partial charge is 0.496 e. The third-order valence-corrected chi connectivity index (χ3v) is 12.7. The highest BCUT2D eigenvalue weighted by Gasteiger charge is 2.47. The average Bonchev–Trinajstić information content (AvgIpc) is 3.46. The number of carbonyl (C=O) groups is 5. The molecular weight excluding hydrogens is 757 g/mol. The summed E-state index contributed by atoms with van der Waals surface area (Å²) in [5.74, 6) is -0.601. The highest BCUT2D eigenvalue weighted by atomic mass is 16.5. The number of urea groups is 1. The van der Waals surface area contributed by atoms with Crippen LogP contribution in [0.5, 0.6) is 11.5 Å². The van der Waals surface area contributed by atoms with Gasteiger partial charge in [-0.05, 0) is 94.3 Å². The van der Waals surface area contributed by atoms with E-state index in [2.05, 4.69) is 25.3 Å². The Hall–Kier alpha value is -5.74. The number of likely N-dealkylation sites (tertiary alicyclic amines) is 1. The summed E-state index contributed by atoms with van der Waals surface area (Å²) in [7, 11) is 9.01. The molecule has 3 aromatic rings. The minimum Gasteiger partial charge on any atom is -0.496 e. The summed E-state index contributed by atoms with van der Waals surface area (Å²) < 4.78 is 13.1. The van der Waals surface area contributed by atoms with E-state index in [4.69, 9.17) is 9.47 Å². The number of pyridine rings is 1. The number of piperidine rings is 2. The fraction of sp³-hybridized carbons (Fsp3) is 0.488. The molecule has 1 spiro atoms. The molecule has 1 unspecified atom stereocenters. The summed E-state index contributed by atoms with van der Waals surface area (Å²) in [4.78, 5) is 86.8. The van der Waals surface area contributed by atoms with Gasteiger partial charge < -0.3 is 39.0 Å². The Morgan fingerprint density at radius 2 is 1.59 bits per heavy atom. The van der Waals surface area contributed by atoms with Gasteiger partial charge in [0, 0.05) is 81.2 Å². The summed E-state index contributed by atoms with van der Waals surface area (Å²) in [6.07, 6.45) is 4.63. The van der Waals surface area contributed by atoms with Gasteiger partial charge in [0.05, 0.1) is 37.5 Å². The van der Waals surface area contributed by atoms with Gasteiger partial charge in [-0.1, -0.05) is 0 Å². The van der Waals surface area contributed by atoms with Crippen molar-refractivity contribution in [3.05, 3.63) is 74.7 Å². The molecule has 16 nitrogen and oxygen atoms in total. The van der Waals surface area contributed by atoms with Gasteiger partial charge in [-0.25, -0.2) is 4.79 Å². The molecular formula is C43H52N8O8. The second kappa shape index (κ2) is 15.8. The van der Waals surface area contributed by atoms with E-state index in [0.29, 0.717) is 48.7 Å². The van der Waals surface area contributed by atoms with Crippen molar-refractivity contribution in [3.63, 3.8) is 0 Å². The van der Waals surface area contributed by atoms with Gasteiger partial charge >= 0.3 is 6.03 Å². The Bertz CT molecular complexity index is 2260. The number of nitrogens with zero attached hydrogens (tertiary/aromatic N) is 6. The summed E-state index contributed by atoms with van der Waals surface area (Å²) in [6, 6.07) is 8.10. The predicted molar refractivity (Wildman–Crippen MR) is 219 cm³/mol. The first-order chi connectivity index (χ1) is 28.3. The van der Waals surface area contributed by atoms with Crippen molar-refractivity contribution in [2.45, 2.75) is 51.2 Å². The number of aromatic nitrogens is 1. The van der Waals surface area contributed by atoms with Gasteiger partial charge in [-0.15, -0.1) is 0 Å². The maximum absolute atomic E-state index is 13.4. The first-order valence-corrected chi connectivity index (χ1v) is 20.3. The topological polar surface area (TPSA) is 166 Å². The number of methoxy groups -OCH3 is 2. The Morgan fingerprint density at radius 1 is 0.898 bits per heavy atom. The standard InChI is InChI=1S/C43H52N8O8/c1-46(2)21-33-35(58-4)18-26(19-36(33)59-5)31-22-47(3)39(54)32-23-49(14-10-28(31)32)42(57)44-13-17-48-15-11-43(12-16-48)24-50(25-43)27-6-7-29-30(20-27)41(56)51(40(29)55)34-8-9-37(52)45-38(34)53/h6-7,18-20,22,34H,8-17,21,23-25H2,1-5H3,(H,44,57)(H,45,52,53). The summed E-state index contributed by atoms with van der Waals surface area (Å²) >= 11 is 0. The summed E-state index contributed by atoms with van der Waals surface area (Å²) in [5, 5.41) is 5.33. The number of amides is 6. The minimum absolute atomic E-state index is 0.0812. The van der Waals surface area contributed by atoms with E-state index in [1.54, 1.807) is 42.9 Å². The Balaban J connectivity index is 0.831. The van der Waals surface area contributed by atoms with E-state index in [1.165, 1.54) is 0 Å². The molecule has 0 radical (unpaired) electrons. The van der Waals surface area contributed by atoms with Gasteiger partial charge in [0.1, 0.15) is 17.5 Å². The van der Waals surface area contributed by atoms with E-state index in [9.17, 15) is 28.8 Å². The van der Waals surface area contributed by atoms with E-state index in [-0.39, 0.29) is 42.0 Å². The maximum Gasteiger partial charge on any atom is 0.317 e. The summed E-state index contributed by atoms with van der Waals surface area (Å²) in [5.41, 5.74) is 5.80. The van der Waals surface area contributed by atoms with Gasteiger partial charge in [0.15, 0.2) is 0 Å². The molecule has 3 fully saturated rings. The molecule has 6 heterocycles. The second-order valence-electron chi connectivity index (χ2n) is 16.8. The lowest BCUT2D eigenvalue weighted by Gasteiger charge is -2.55. The van der Waals surface area contributed by atoms with Gasteiger partial charge in [-0.2, -0.15) is 0 Å². The van der Waals surface area contributed by atoms with Crippen LogP contribution < -0.4 is 30.6 Å². The third kappa shape index (κ3) is 7.43. The van der Waals surface area contributed by atoms with Crippen LogP contribution in [0.2, 0.25) is 0 Å². The van der Waals surface area contributed by atoms with Gasteiger partial charge in [-0.3, -0.25) is 34.2 Å². The number of carbonyl (C=O) groups excluding carboxylic acids is 5. The molecule has 312 valence electrons. The molecule has 59 heavy (non-hydrogen) atoms. The number of hydrogen-bond donors (Lipinski definition) is 2. The van der Waals surface area contributed by atoms with Crippen molar-refractivity contribution in [1.82, 2.24) is 34.8 Å². The monoisotopic (exact) mass is 808 g/mol. The van der Waals surface area contributed by atoms with Crippen LogP contribution in [-0.4, -0.2) is 134 Å². The zero-order valence-corrected chi connectivity index (χ0v) is 34.4. The first kappa shape index (κ1) is 40.1. The van der Waals surface area contributed by atoms with Crippen molar-refractivity contribution < 1.29 is 33.4 Å². The average molecular weight is 809 g/mol. The van der Waals surface area contributed by atoms with Crippen molar-refractivity contribution in [1.29, 1.82) is 0 Å². The van der Waals surface area contributed by atoms with Crippen LogP contribution in [0.15, 0.2) is 41.3 Å². The fourth-order valence-corrected chi connectivity index (χ4v) is 9.44. The molecule has 5 aliphatic rings. The molecule has 3 saturated heterocycles. The van der Waals surface area contributed by atoms with E-state index in [1.807, 2.05) is 38.5 Å².